The highest BCUT2D eigenvalue weighted by atomic mass is 32.2. The number of halogens is 1. The first-order valence-electron chi connectivity index (χ1n) is 8.38. The summed E-state index contributed by atoms with van der Waals surface area (Å²) >= 11 is 0. The van der Waals surface area contributed by atoms with E-state index < -0.39 is 27.8 Å². The number of hydrogen-bond acceptors (Lipinski definition) is 4. The molecule has 0 fully saturated rings. The molecule has 1 amide bonds. The molecule has 0 bridgehead atoms. The maximum absolute atomic E-state index is 13.5. The summed E-state index contributed by atoms with van der Waals surface area (Å²) in [6.45, 7) is 1.73. The van der Waals surface area contributed by atoms with Crippen molar-refractivity contribution in [1.29, 1.82) is 0 Å². The average molecular weight is 393 g/mol. The third-order valence-corrected chi connectivity index (χ3v) is 5.31. The van der Waals surface area contributed by atoms with Crippen LogP contribution in [0.15, 0.2) is 48.5 Å². The third kappa shape index (κ3) is 5.43. The summed E-state index contributed by atoms with van der Waals surface area (Å²) in [7, 11) is 0.0936. The largest absolute Gasteiger partial charge is 0.378 e. The molecule has 8 heteroatoms. The van der Waals surface area contributed by atoms with Crippen molar-refractivity contribution in [1.82, 2.24) is 5.32 Å². The van der Waals surface area contributed by atoms with Crippen molar-refractivity contribution in [3.63, 3.8) is 0 Å². The van der Waals surface area contributed by atoms with E-state index in [2.05, 4.69) is 5.32 Å². The maximum Gasteiger partial charge on any atom is 0.243 e. The Kier molecular flexibility index (Phi) is 6.43. The lowest BCUT2D eigenvalue weighted by atomic mass is 10.2. The van der Waals surface area contributed by atoms with Crippen LogP contribution in [0.3, 0.4) is 0 Å². The van der Waals surface area contributed by atoms with Gasteiger partial charge in [-0.1, -0.05) is 18.2 Å². The van der Waals surface area contributed by atoms with Gasteiger partial charge in [-0.25, -0.2) is 12.8 Å². The predicted molar refractivity (Wildman–Crippen MR) is 106 cm³/mol. The Morgan fingerprint density at radius 1 is 1.11 bits per heavy atom. The van der Waals surface area contributed by atoms with E-state index in [1.807, 2.05) is 43.3 Å². The Bertz CT molecular complexity index is 899. The first-order chi connectivity index (χ1) is 12.6. The number of anilines is 2. The maximum atomic E-state index is 13.5. The van der Waals surface area contributed by atoms with Gasteiger partial charge in [0.05, 0.1) is 11.9 Å². The molecule has 6 nitrogen and oxygen atoms in total. The second kappa shape index (κ2) is 8.39. The quantitative estimate of drug-likeness (QED) is 0.784. The van der Waals surface area contributed by atoms with E-state index >= 15 is 0 Å². The van der Waals surface area contributed by atoms with Gasteiger partial charge >= 0.3 is 0 Å². The molecular weight excluding hydrogens is 369 g/mol. The van der Waals surface area contributed by atoms with Crippen LogP contribution in [0, 0.1) is 5.82 Å². The van der Waals surface area contributed by atoms with Crippen molar-refractivity contribution < 1.29 is 17.6 Å². The number of nitrogens with one attached hydrogen (secondary N) is 1. The normalized spacial score (nSPS) is 12.3. The topological polar surface area (TPSA) is 69.7 Å². The molecule has 0 saturated carbocycles. The number of hydrogen-bond donors (Lipinski definition) is 1. The molecule has 0 spiro atoms. The van der Waals surface area contributed by atoms with Gasteiger partial charge in [0.15, 0.2) is 0 Å². The zero-order valence-electron chi connectivity index (χ0n) is 15.8. The van der Waals surface area contributed by atoms with Gasteiger partial charge in [0.25, 0.3) is 0 Å². The highest BCUT2D eigenvalue weighted by molar-refractivity contribution is 7.92. The minimum Gasteiger partial charge on any atom is -0.378 e. The van der Waals surface area contributed by atoms with Gasteiger partial charge in [-0.2, -0.15) is 0 Å². The predicted octanol–water partition coefficient (Wildman–Crippen LogP) is 2.36. The van der Waals surface area contributed by atoms with Gasteiger partial charge in [-0.15, -0.1) is 0 Å². The van der Waals surface area contributed by atoms with Gasteiger partial charge in [0.1, 0.15) is 11.9 Å². The van der Waals surface area contributed by atoms with Crippen molar-refractivity contribution >= 4 is 27.3 Å². The zero-order chi connectivity index (χ0) is 20.2. The van der Waals surface area contributed by atoms with Crippen LogP contribution in [0.1, 0.15) is 12.5 Å². The van der Waals surface area contributed by atoms with Crippen LogP contribution in [0.25, 0.3) is 0 Å². The van der Waals surface area contributed by atoms with Crippen molar-refractivity contribution in [3.05, 3.63) is 59.9 Å². The molecule has 27 heavy (non-hydrogen) atoms. The number of nitrogens with zero attached hydrogens (tertiary/aromatic N) is 2. The Balaban J connectivity index is 2.13. The lowest BCUT2D eigenvalue weighted by Gasteiger charge is -2.28. The lowest BCUT2D eigenvalue weighted by molar-refractivity contribution is -0.122. The molecule has 0 saturated heterocycles. The molecule has 1 N–H and O–H groups in total. The second-order valence-electron chi connectivity index (χ2n) is 6.49. The lowest BCUT2D eigenvalue weighted by Crippen LogP contribution is -2.47. The van der Waals surface area contributed by atoms with Crippen molar-refractivity contribution in [2.24, 2.45) is 0 Å². The fourth-order valence-electron chi connectivity index (χ4n) is 2.67. The minimum absolute atomic E-state index is 0.107. The average Bonchev–Trinajstić information content (AvgIpc) is 2.59. The molecule has 0 aliphatic heterocycles. The van der Waals surface area contributed by atoms with E-state index in [1.54, 1.807) is 0 Å². The summed E-state index contributed by atoms with van der Waals surface area (Å²) in [5.41, 5.74) is 2.03. The van der Waals surface area contributed by atoms with Crippen LogP contribution >= 0.6 is 0 Å². The highest BCUT2D eigenvalue weighted by Crippen LogP contribution is 2.21. The van der Waals surface area contributed by atoms with Gasteiger partial charge in [0.2, 0.25) is 15.9 Å². The molecule has 1 unspecified atom stereocenters. The first-order valence-corrected chi connectivity index (χ1v) is 10.2. The molecule has 0 aliphatic carbocycles. The van der Waals surface area contributed by atoms with Crippen molar-refractivity contribution in [2.45, 2.75) is 19.5 Å². The summed E-state index contributed by atoms with van der Waals surface area (Å²) in [6, 6.07) is 11.8. The smallest absolute Gasteiger partial charge is 0.243 e. The zero-order valence-corrected chi connectivity index (χ0v) is 16.6. The van der Waals surface area contributed by atoms with E-state index in [9.17, 15) is 17.6 Å². The molecule has 0 heterocycles. The third-order valence-electron chi connectivity index (χ3n) is 4.07. The molecule has 0 aromatic heterocycles. The van der Waals surface area contributed by atoms with Gasteiger partial charge in [-0.3, -0.25) is 9.10 Å². The fourth-order valence-corrected chi connectivity index (χ4v) is 3.84. The van der Waals surface area contributed by atoms with Gasteiger partial charge < -0.3 is 10.2 Å². The van der Waals surface area contributed by atoms with E-state index in [4.69, 9.17) is 0 Å². The second-order valence-corrected chi connectivity index (χ2v) is 8.35. The van der Waals surface area contributed by atoms with Crippen LogP contribution in [-0.4, -0.2) is 40.7 Å². The molecule has 0 aliphatic rings. The Morgan fingerprint density at radius 3 is 2.26 bits per heavy atom. The van der Waals surface area contributed by atoms with Gasteiger partial charge in [0, 0.05) is 26.3 Å². The molecule has 1 atom stereocenters. The van der Waals surface area contributed by atoms with Gasteiger partial charge in [-0.05, 0) is 42.8 Å². The SMILES string of the molecule is CC(C(=O)NCc1ccc(N(C)C)cc1)N(c1cccc(F)c1)S(C)(=O)=O. The number of benzene rings is 2. The number of sulfonamides is 1. The first kappa shape index (κ1) is 20.7. The van der Waals surface area contributed by atoms with E-state index in [-0.39, 0.29) is 12.2 Å². The monoisotopic (exact) mass is 393 g/mol. The van der Waals surface area contributed by atoms with Crippen LogP contribution in [0.4, 0.5) is 15.8 Å². The van der Waals surface area contributed by atoms with E-state index in [0.717, 1.165) is 27.9 Å². The van der Waals surface area contributed by atoms with Crippen LogP contribution in [0.2, 0.25) is 0 Å². The summed E-state index contributed by atoms with van der Waals surface area (Å²) in [6.07, 6.45) is 0.988. The van der Waals surface area contributed by atoms with Crippen LogP contribution in [-0.2, 0) is 21.4 Å². The van der Waals surface area contributed by atoms with Crippen LogP contribution in [0.5, 0.6) is 0 Å². The van der Waals surface area contributed by atoms with Crippen LogP contribution < -0.4 is 14.5 Å². The van der Waals surface area contributed by atoms with E-state index in [0.29, 0.717) is 0 Å². The molecule has 0 radical (unpaired) electrons. The molecule has 2 aromatic carbocycles. The van der Waals surface area contributed by atoms with E-state index in [1.165, 1.54) is 25.1 Å². The molecule has 146 valence electrons. The number of carbonyl (C=O) groups is 1. The van der Waals surface area contributed by atoms with Crippen molar-refractivity contribution in [3.8, 4) is 0 Å². The summed E-state index contributed by atoms with van der Waals surface area (Å²) in [5.74, 6) is -1.05. The molecule has 2 rings (SSSR count). The number of rotatable bonds is 7. The number of carbonyl (C=O) groups excluding carboxylic acids is 1. The minimum atomic E-state index is -3.78. The summed E-state index contributed by atoms with van der Waals surface area (Å²) < 4.78 is 38.8. The Labute approximate surface area is 159 Å². The van der Waals surface area contributed by atoms with Crippen molar-refractivity contribution in [2.75, 3.05) is 29.6 Å². The fraction of sp³-hybridized carbons (Fsp3) is 0.316. The Morgan fingerprint density at radius 2 is 1.74 bits per heavy atom. The molecular formula is C19H24FN3O3S. The highest BCUT2D eigenvalue weighted by Gasteiger charge is 2.29. The number of amides is 1. The molecule has 2 aromatic rings. The standard InChI is InChI=1S/C19H24FN3O3S/c1-14(23(27(4,25)26)18-7-5-6-16(20)12-18)19(24)21-13-15-8-10-17(11-9-15)22(2)3/h5-12,14H,13H2,1-4H3,(H,21,24). The Hall–Kier alpha value is -2.61. The summed E-state index contributed by atoms with van der Waals surface area (Å²) in [4.78, 5) is 14.5. The summed E-state index contributed by atoms with van der Waals surface area (Å²) in [5, 5.41) is 2.73.